The van der Waals surface area contributed by atoms with Gasteiger partial charge in [0, 0.05) is 25.8 Å². The highest BCUT2D eigenvalue weighted by Gasteiger charge is 2.28. The number of anilines is 1. The van der Waals surface area contributed by atoms with Gasteiger partial charge in [0.2, 0.25) is 0 Å². The number of hydrogen-bond acceptors (Lipinski definition) is 2. The van der Waals surface area contributed by atoms with E-state index in [0.29, 0.717) is 11.3 Å². The van der Waals surface area contributed by atoms with Crippen molar-refractivity contribution >= 4 is 55.1 Å². The number of hydrogen-bond donors (Lipinski definition) is 3. The van der Waals surface area contributed by atoms with Gasteiger partial charge in [-0.15, -0.1) is 0 Å². The van der Waals surface area contributed by atoms with E-state index in [1.165, 1.54) is 0 Å². The molecule has 4 rings (SSSR count). The number of aryl methyl sites for hydroxylation is 1. The predicted octanol–water partition coefficient (Wildman–Crippen LogP) is 4.62. The van der Waals surface area contributed by atoms with E-state index in [-0.39, 0.29) is 11.7 Å². The largest absolute Gasteiger partial charge is 0.505 e. The molecule has 1 aliphatic carbocycles. The summed E-state index contributed by atoms with van der Waals surface area (Å²) in [6, 6.07) is 3.80. The fourth-order valence-electron chi connectivity index (χ4n) is 3.30. The molecule has 6 heteroatoms. The zero-order valence-corrected chi connectivity index (χ0v) is 15.3. The molecule has 2 aliphatic rings. The Morgan fingerprint density at radius 1 is 1.17 bits per heavy atom. The first-order valence-electron chi connectivity index (χ1n) is 7.49. The second-order valence-corrected chi connectivity index (χ2v) is 7.64. The highest BCUT2D eigenvalue weighted by molar-refractivity contribution is 9.11. The topological polar surface area (TPSA) is 65.1 Å². The molecule has 0 bridgehead atoms. The molecule has 0 saturated heterocycles. The lowest BCUT2D eigenvalue weighted by atomic mass is 9.97. The number of H-pyrrole nitrogens is 1. The summed E-state index contributed by atoms with van der Waals surface area (Å²) in [6.07, 6.45) is 5.81. The maximum atomic E-state index is 12.3. The molecule has 0 fully saturated rings. The van der Waals surface area contributed by atoms with Crippen molar-refractivity contribution in [1.82, 2.24) is 4.98 Å². The lowest BCUT2D eigenvalue weighted by Gasteiger charge is -2.09. The van der Waals surface area contributed by atoms with E-state index >= 15 is 0 Å². The molecule has 2 heterocycles. The van der Waals surface area contributed by atoms with Crippen molar-refractivity contribution in [3.05, 3.63) is 43.6 Å². The van der Waals surface area contributed by atoms with Gasteiger partial charge >= 0.3 is 0 Å². The monoisotopic (exact) mass is 436 g/mol. The van der Waals surface area contributed by atoms with Crippen LogP contribution in [0.5, 0.6) is 5.75 Å². The average molecular weight is 438 g/mol. The molecule has 1 aromatic carbocycles. The number of carbonyl (C=O) groups is 1. The fraction of sp³-hybridized carbons (Fsp3) is 0.235. The van der Waals surface area contributed by atoms with Crippen molar-refractivity contribution in [1.29, 1.82) is 0 Å². The number of carbonyl (C=O) groups excluding carboxylic acids is 1. The summed E-state index contributed by atoms with van der Waals surface area (Å²) in [4.78, 5) is 15.6. The Morgan fingerprint density at radius 3 is 2.74 bits per heavy atom. The number of halogens is 2. The smallest absolute Gasteiger partial charge is 0.256 e. The summed E-state index contributed by atoms with van der Waals surface area (Å²) >= 11 is 6.93. The second-order valence-electron chi connectivity index (χ2n) is 5.87. The van der Waals surface area contributed by atoms with Gasteiger partial charge in [-0.1, -0.05) is 15.9 Å². The van der Waals surface area contributed by atoms with Crippen LogP contribution < -0.4 is 5.32 Å². The first-order chi connectivity index (χ1) is 11.0. The molecule has 1 amide bonds. The quantitative estimate of drug-likeness (QED) is 0.570. The highest BCUT2D eigenvalue weighted by Crippen LogP contribution is 2.42. The summed E-state index contributed by atoms with van der Waals surface area (Å²) < 4.78 is 1.72. The van der Waals surface area contributed by atoms with E-state index in [1.54, 1.807) is 6.08 Å². The summed E-state index contributed by atoms with van der Waals surface area (Å²) in [5.41, 5.74) is 4.84. The average Bonchev–Trinajstić information content (AvgIpc) is 3.00. The molecule has 118 valence electrons. The lowest BCUT2D eigenvalue weighted by Crippen LogP contribution is -2.03. The number of aromatic amines is 1. The molecule has 0 atom stereocenters. The van der Waals surface area contributed by atoms with E-state index in [1.807, 2.05) is 12.1 Å². The van der Waals surface area contributed by atoms with Crippen molar-refractivity contribution in [2.24, 2.45) is 0 Å². The number of amides is 1. The van der Waals surface area contributed by atoms with Gasteiger partial charge in [-0.05, 0) is 59.8 Å². The van der Waals surface area contributed by atoms with Crippen LogP contribution in [0.3, 0.4) is 0 Å². The summed E-state index contributed by atoms with van der Waals surface area (Å²) in [6.45, 7) is 0. The molecule has 0 saturated carbocycles. The SMILES string of the molecule is O=C1Nc2c(Br)cc(Br)cc2C1=Cc1[nH]c2c(c1O)CCCC2. The van der Waals surface area contributed by atoms with Crippen LogP contribution in [0.4, 0.5) is 5.69 Å². The summed E-state index contributed by atoms with van der Waals surface area (Å²) in [5.74, 6) is 0.119. The lowest BCUT2D eigenvalue weighted by molar-refractivity contribution is -0.110. The summed E-state index contributed by atoms with van der Waals surface area (Å²) in [5, 5.41) is 13.3. The minimum Gasteiger partial charge on any atom is -0.505 e. The van der Waals surface area contributed by atoms with Crippen molar-refractivity contribution in [3.63, 3.8) is 0 Å². The normalized spacial score (nSPS) is 18.0. The Labute approximate surface area is 150 Å². The molecule has 1 aromatic heterocycles. The standard InChI is InChI=1S/C17H14Br2N2O2/c18-8-5-10-11(17(23)21-15(10)12(19)6-8)7-14-16(22)9-3-1-2-4-13(9)20-14/h5-7,20,22H,1-4H2,(H,21,23). The number of benzene rings is 1. The molecule has 2 aromatic rings. The van der Waals surface area contributed by atoms with Crippen LogP contribution in [0.15, 0.2) is 21.1 Å². The fourth-order valence-corrected chi connectivity index (χ4v) is 4.62. The number of nitrogens with one attached hydrogen (secondary N) is 2. The second kappa shape index (κ2) is 5.53. The third-order valence-electron chi connectivity index (χ3n) is 4.41. The molecular formula is C17H14Br2N2O2. The Bertz CT molecular complexity index is 868. The molecule has 0 unspecified atom stereocenters. The molecule has 0 spiro atoms. The van der Waals surface area contributed by atoms with Gasteiger partial charge in [-0.25, -0.2) is 0 Å². The predicted molar refractivity (Wildman–Crippen MR) is 97.4 cm³/mol. The maximum Gasteiger partial charge on any atom is 0.256 e. The zero-order valence-electron chi connectivity index (χ0n) is 12.2. The molecule has 0 radical (unpaired) electrons. The van der Waals surface area contributed by atoms with Gasteiger partial charge in [0.25, 0.3) is 5.91 Å². The van der Waals surface area contributed by atoms with Crippen molar-refractivity contribution < 1.29 is 9.90 Å². The van der Waals surface area contributed by atoms with Crippen LogP contribution in [0, 0.1) is 0 Å². The van der Waals surface area contributed by atoms with Crippen LogP contribution >= 0.6 is 31.9 Å². The van der Waals surface area contributed by atoms with Crippen LogP contribution in [0.2, 0.25) is 0 Å². The Morgan fingerprint density at radius 2 is 1.96 bits per heavy atom. The van der Waals surface area contributed by atoms with Crippen LogP contribution in [0.25, 0.3) is 11.6 Å². The van der Waals surface area contributed by atoms with Crippen LogP contribution in [-0.4, -0.2) is 16.0 Å². The Balaban J connectivity index is 1.85. The number of aromatic hydroxyl groups is 1. The third-order valence-corrected chi connectivity index (χ3v) is 5.49. The molecular weight excluding hydrogens is 424 g/mol. The van der Waals surface area contributed by atoms with Gasteiger partial charge < -0.3 is 15.4 Å². The van der Waals surface area contributed by atoms with Gasteiger partial charge in [0.15, 0.2) is 0 Å². The van der Waals surface area contributed by atoms with Gasteiger partial charge in [-0.2, -0.15) is 0 Å². The van der Waals surface area contributed by atoms with Gasteiger partial charge in [0.1, 0.15) is 5.75 Å². The first kappa shape index (κ1) is 15.0. The van der Waals surface area contributed by atoms with E-state index in [4.69, 9.17) is 0 Å². The van der Waals surface area contributed by atoms with Crippen LogP contribution in [-0.2, 0) is 17.6 Å². The van der Waals surface area contributed by atoms with Gasteiger partial charge in [-0.3, -0.25) is 4.79 Å². The highest BCUT2D eigenvalue weighted by atomic mass is 79.9. The van der Waals surface area contributed by atoms with Crippen molar-refractivity contribution in [2.75, 3.05) is 5.32 Å². The van der Waals surface area contributed by atoms with Crippen molar-refractivity contribution in [3.8, 4) is 5.75 Å². The third kappa shape index (κ3) is 2.44. The first-order valence-corrected chi connectivity index (χ1v) is 9.08. The van der Waals surface area contributed by atoms with Gasteiger partial charge in [0.05, 0.1) is 17.0 Å². The zero-order chi connectivity index (χ0) is 16.1. The molecule has 4 nitrogen and oxygen atoms in total. The van der Waals surface area contributed by atoms with E-state index in [2.05, 4.69) is 42.2 Å². The molecule has 23 heavy (non-hydrogen) atoms. The summed E-state index contributed by atoms with van der Waals surface area (Å²) in [7, 11) is 0. The minimum absolute atomic E-state index is 0.161. The minimum atomic E-state index is -0.161. The molecule has 3 N–H and O–H groups in total. The van der Waals surface area contributed by atoms with E-state index in [0.717, 1.165) is 57.1 Å². The number of fused-ring (bicyclic) bond motifs is 2. The van der Waals surface area contributed by atoms with Crippen molar-refractivity contribution in [2.45, 2.75) is 25.7 Å². The molecule has 1 aliphatic heterocycles. The van der Waals surface area contributed by atoms with E-state index < -0.39 is 0 Å². The maximum absolute atomic E-state index is 12.3. The number of aromatic nitrogens is 1. The Hall–Kier alpha value is -1.53. The van der Waals surface area contributed by atoms with Crippen LogP contribution in [0.1, 0.15) is 35.4 Å². The number of rotatable bonds is 1. The van der Waals surface area contributed by atoms with E-state index in [9.17, 15) is 9.90 Å². The Kier molecular flexibility index (Phi) is 3.61.